The van der Waals surface area contributed by atoms with Crippen LogP contribution in [0.3, 0.4) is 0 Å². The monoisotopic (exact) mass is 675 g/mol. The molecule has 262 valence electrons. The summed E-state index contributed by atoms with van der Waals surface area (Å²) in [6.45, 7) is 8.86. The predicted octanol–water partition coefficient (Wildman–Crippen LogP) is 4.38. The molecule has 1 aliphatic heterocycles. The number of esters is 1. The number of carbonyl (C=O) groups excluding carboxylic acids is 4. The minimum atomic E-state index is -1.35. The molecule has 0 fully saturated rings. The van der Waals surface area contributed by atoms with Gasteiger partial charge in [0.15, 0.2) is 6.10 Å². The van der Waals surface area contributed by atoms with Gasteiger partial charge in [0.2, 0.25) is 17.7 Å². The van der Waals surface area contributed by atoms with Crippen LogP contribution in [0.15, 0.2) is 66.4 Å². The molecule has 1 aromatic heterocycles. The third-order valence-electron chi connectivity index (χ3n) is 9.15. The molecule has 3 amide bonds. The van der Waals surface area contributed by atoms with E-state index in [1.807, 2.05) is 44.2 Å². The van der Waals surface area contributed by atoms with Gasteiger partial charge in [-0.2, -0.15) is 0 Å². The topological polar surface area (TPSA) is 173 Å². The van der Waals surface area contributed by atoms with E-state index in [-0.39, 0.29) is 23.9 Å². The molecule has 2 aromatic carbocycles. The summed E-state index contributed by atoms with van der Waals surface area (Å²) in [6, 6.07) is 9.76. The standard InChI is InChI=1S/C36H45N5O8/c1-20-16-21(2)24(5)49-36(45)32(48-7)31(25-12-14-27(15-13-25)41(46)47)39-34(43)30(18-26-19-37-29-11-9-8-10-28(26)29)40(6)35(44)23(4)38-33(42)22(3)17-20/h8-16,19,21-24,30-32,37H,17-18H2,1-7H3,(H,38,42)(H,39,43)/b20-16+/t21-,22+,23+,24-,30-,31+,32+/m1/s1. The van der Waals surface area contributed by atoms with Crippen LogP contribution in [0.5, 0.6) is 0 Å². The molecular weight excluding hydrogens is 630 g/mol. The van der Waals surface area contributed by atoms with Gasteiger partial charge in [-0.15, -0.1) is 0 Å². The largest absolute Gasteiger partial charge is 0.460 e. The normalized spacial score (nSPS) is 27.7. The van der Waals surface area contributed by atoms with Gasteiger partial charge in [0, 0.05) is 61.6 Å². The fourth-order valence-electron chi connectivity index (χ4n) is 6.13. The van der Waals surface area contributed by atoms with Gasteiger partial charge in [0.25, 0.3) is 5.69 Å². The number of ether oxygens (including phenoxy) is 2. The summed E-state index contributed by atoms with van der Waals surface area (Å²) in [4.78, 5) is 70.5. The summed E-state index contributed by atoms with van der Waals surface area (Å²) < 4.78 is 11.5. The first kappa shape index (κ1) is 36.8. The molecule has 0 spiro atoms. The molecule has 0 saturated carbocycles. The highest BCUT2D eigenvalue weighted by Gasteiger charge is 2.38. The highest BCUT2D eigenvalue weighted by molar-refractivity contribution is 5.93. The Morgan fingerprint density at radius 1 is 0.980 bits per heavy atom. The van der Waals surface area contributed by atoms with Crippen molar-refractivity contribution in [3.63, 3.8) is 0 Å². The van der Waals surface area contributed by atoms with Crippen molar-refractivity contribution in [3.8, 4) is 0 Å². The Labute approximate surface area is 285 Å². The first-order valence-corrected chi connectivity index (χ1v) is 16.3. The van der Waals surface area contributed by atoms with Gasteiger partial charge < -0.3 is 30.0 Å². The van der Waals surface area contributed by atoms with Crippen molar-refractivity contribution >= 4 is 40.3 Å². The zero-order valence-corrected chi connectivity index (χ0v) is 28.9. The summed E-state index contributed by atoms with van der Waals surface area (Å²) in [5.41, 5.74) is 2.70. The second-order valence-electron chi connectivity index (χ2n) is 12.9. The smallest absolute Gasteiger partial charge is 0.338 e. The van der Waals surface area contributed by atoms with Crippen LogP contribution < -0.4 is 10.6 Å². The number of nitro groups is 1. The van der Waals surface area contributed by atoms with Crippen molar-refractivity contribution in [2.24, 2.45) is 11.8 Å². The van der Waals surface area contributed by atoms with Gasteiger partial charge in [0.05, 0.1) is 11.0 Å². The zero-order valence-electron chi connectivity index (χ0n) is 28.9. The molecule has 2 heterocycles. The summed E-state index contributed by atoms with van der Waals surface area (Å²) in [5, 5.41) is 18.0. The second-order valence-corrected chi connectivity index (χ2v) is 12.9. The number of nitrogens with one attached hydrogen (secondary N) is 3. The summed E-state index contributed by atoms with van der Waals surface area (Å²) in [5.74, 6) is -2.87. The molecule has 49 heavy (non-hydrogen) atoms. The van der Waals surface area contributed by atoms with Crippen molar-refractivity contribution in [1.29, 1.82) is 0 Å². The predicted molar refractivity (Wildman–Crippen MR) is 183 cm³/mol. The van der Waals surface area contributed by atoms with Crippen LogP contribution in [0, 0.1) is 22.0 Å². The van der Waals surface area contributed by atoms with Crippen molar-refractivity contribution in [1.82, 2.24) is 20.5 Å². The molecule has 3 aromatic rings. The number of non-ortho nitro benzene ring substituents is 1. The second kappa shape index (κ2) is 15.9. The molecule has 0 unspecified atom stereocenters. The fraction of sp³-hybridized carbons (Fsp3) is 0.444. The van der Waals surface area contributed by atoms with E-state index >= 15 is 0 Å². The first-order valence-electron chi connectivity index (χ1n) is 16.3. The van der Waals surface area contributed by atoms with E-state index < -0.39 is 59.0 Å². The van der Waals surface area contributed by atoms with E-state index in [4.69, 9.17) is 9.47 Å². The maximum Gasteiger partial charge on any atom is 0.338 e. The van der Waals surface area contributed by atoms with Crippen molar-refractivity contribution in [2.75, 3.05) is 14.2 Å². The maximum absolute atomic E-state index is 14.4. The van der Waals surface area contributed by atoms with Gasteiger partial charge >= 0.3 is 5.97 Å². The quantitative estimate of drug-likeness (QED) is 0.155. The average Bonchev–Trinajstić information content (AvgIpc) is 3.48. The van der Waals surface area contributed by atoms with E-state index in [0.717, 1.165) is 22.0 Å². The number of H-pyrrole nitrogens is 1. The van der Waals surface area contributed by atoms with Crippen LogP contribution in [-0.2, 0) is 35.1 Å². The molecule has 0 bridgehead atoms. The lowest BCUT2D eigenvalue weighted by atomic mass is 9.95. The lowest BCUT2D eigenvalue weighted by Gasteiger charge is -2.33. The van der Waals surface area contributed by atoms with Crippen LogP contribution in [0.25, 0.3) is 10.9 Å². The van der Waals surface area contributed by atoms with Crippen LogP contribution in [0.1, 0.15) is 58.2 Å². The molecule has 0 saturated heterocycles. The Morgan fingerprint density at radius 2 is 1.65 bits per heavy atom. The molecular formula is C36H45N5O8. The van der Waals surface area contributed by atoms with Gasteiger partial charge in [-0.3, -0.25) is 24.5 Å². The van der Waals surface area contributed by atoms with Crippen molar-refractivity contribution in [2.45, 2.75) is 77.8 Å². The zero-order chi connectivity index (χ0) is 36.0. The summed E-state index contributed by atoms with van der Waals surface area (Å²) >= 11 is 0. The highest BCUT2D eigenvalue weighted by Crippen LogP contribution is 2.27. The molecule has 13 nitrogen and oxygen atoms in total. The van der Waals surface area contributed by atoms with E-state index in [1.165, 1.54) is 43.3 Å². The van der Waals surface area contributed by atoms with Crippen LogP contribution in [0.2, 0.25) is 0 Å². The van der Waals surface area contributed by atoms with Gasteiger partial charge in [0.1, 0.15) is 18.2 Å². The summed E-state index contributed by atoms with van der Waals surface area (Å²) in [6.07, 6.45) is 2.26. The lowest BCUT2D eigenvalue weighted by molar-refractivity contribution is -0.384. The van der Waals surface area contributed by atoms with E-state index in [1.54, 1.807) is 27.0 Å². The average molecular weight is 676 g/mol. The van der Waals surface area contributed by atoms with E-state index in [9.17, 15) is 29.3 Å². The number of likely N-dealkylation sites (N-methyl/N-ethyl adjacent to an activating group) is 1. The number of hydrogen-bond acceptors (Lipinski definition) is 8. The molecule has 3 N–H and O–H groups in total. The number of hydrogen-bond donors (Lipinski definition) is 3. The van der Waals surface area contributed by atoms with Crippen molar-refractivity contribution in [3.05, 3.63) is 87.6 Å². The number of benzene rings is 2. The number of rotatable bonds is 5. The molecule has 0 radical (unpaired) electrons. The highest BCUT2D eigenvalue weighted by atomic mass is 16.6. The van der Waals surface area contributed by atoms with Crippen molar-refractivity contribution < 1.29 is 33.6 Å². The number of nitrogens with zero attached hydrogens (tertiary/aromatic N) is 2. The number of carbonyl (C=O) groups is 4. The molecule has 1 aliphatic rings. The van der Waals surface area contributed by atoms with Crippen LogP contribution in [0.4, 0.5) is 5.69 Å². The first-order chi connectivity index (χ1) is 23.2. The number of amides is 3. The number of aromatic nitrogens is 1. The van der Waals surface area contributed by atoms with Gasteiger partial charge in [-0.1, -0.05) is 55.8 Å². The molecule has 13 heteroatoms. The Kier molecular flexibility index (Phi) is 11.9. The number of cyclic esters (lactones) is 1. The van der Waals surface area contributed by atoms with Gasteiger partial charge in [-0.05, 0) is 44.4 Å². The molecule has 4 rings (SSSR count). The third kappa shape index (κ3) is 8.71. The fourth-order valence-corrected chi connectivity index (χ4v) is 6.13. The number of allylic oxidation sites excluding steroid dienone is 1. The van der Waals surface area contributed by atoms with Gasteiger partial charge in [-0.25, -0.2) is 4.79 Å². The minimum absolute atomic E-state index is 0.0861. The summed E-state index contributed by atoms with van der Waals surface area (Å²) in [7, 11) is 2.80. The third-order valence-corrected chi connectivity index (χ3v) is 9.15. The van der Waals surface area contributed by atoms with E-state index in [2.05, 4.69) is 15.6 Å². The Hall–Kier alpha value is -5.04. The SMILES string of the molecule is CO[C@@H]1C(=O)O[C@H](C)[C@H](C)/C=C(\C)C[C@H](C)C(=O)N[C@@H](C)C(=O)N(C)[C@H](Cc2c[nH]c3ccccc23)C(=O)N[C@H]1c1ccc([N+](=O)[O-])cc1. The number of para-hydroxylation sites is 1. The minimum Gasteiger partial charge on any atom is -0.460 e. The number of methoxy groups -OCH3 is 1. The number of nitro benzene ring substituents is 1. The van der Waals surface area contributed by atoms with Crippen LogP contribution >= 0.6 is 0 Å². The Bertz CT molecular complexity index is 1720. The molecule has 0 aliphatic carbocycles. The Balaban J connectivity index is 1.81. The lowest BCUT2D eigenvalue weighted by Crippen LogP contribution is -2.56. The number of fused-ring (bicyclic) bond motifs is 1. The molecule has 7 atom stereocenters. The Morgan fingerprint density at radius 3 is 2.31 bits per heavy atom. The van der Waals surface area contributed by atoms with Crippen LogP contribution in [-0.4, -0.2) is 76.9 Å². The number of aromatic amines is 1. The maximum atomic E-state index is 14.4. The van der Waals surface area contributed by atoms with E-state index in [0.29, 0.717) is 12.0 Å².